The summed E-state index contributed by atoms with van der Waals surface area (Å²) >= 11 is 5.85. The van der Waals surface area contributed by atoms with Gasteiger partial charge in [-0.05, 0) is 24.3 Å². The summed E-state index contributed by atoms with van der Waals surface area (Å²) < 4.78 is 24.9. The Bertz CT molecular complexity index is 706. The van der Waals surface area contributed by atoms with Gasteiger partial charge in [-0.3, -0.25) is 0 Å². The van der Waals surface area contributed by atoms with Crippen molar-refractivity contribution in [1.29, 1.82) is 0 Å². The summed E-state index contributed by atoms with van der Waals surface area (Å²) in [6.45, 7) is 0.532. The number of carbonyl (C=O) groups excluding carboxylic acids is 1. The number of urea groups is 1. The van der Waals surface area contributed by atoms with Gasteiger partial charge in [0.25, 0.3) is 0 Å². The van der Waals surface area contributed by atoms with E-state index in [1.54, 1.807) is 6.07 Å². The fraction of sp³-hybridized carbons (Fsp3) is 0.188. The maximum atomic E-state index is 13.6. The van der Waals surface area contributed by atoms with Crippen molar-refractivity contribution in [2.24, 2.45) is 0 Å². The average Bonchev–Trinajstić information content (AvgIpc) is 2.56. The van der Waals surface area contributed by atoms with E-state index in [4.69, 9.17) is 21.1 Å². The van der Waals surface area contributed by atoms with Crippen molar-refractivity contribution >= 4 is 23.3 Å². The molecule has 0 aliphatic carbocycles. The van der Waals surface area contributed by atoms with Gasteiger partial charge in [-0.1, -0.05) is 29.8 Å². The maximum absolute atomic E-state index is 13.6. The van der Waals surface area contributed by atoms with Crippen LogP contribution in [0.1, 0.15) is 0 Å². The predicted octanol–water partition coefficient (Wildman–Crippen LogP) is 3.44. The highest BCUT2D eigenvalue weighted by Crippen LogP contribution is 2.30. The van der Waals surface area contributed by atoms with Crippen molar-refractivity contribution in [3.63, 3.8) is 0 Å². The van der Waals surface area contributed by atoms with E-state index in [1.807, 2.05) is 18.2 Å². The summed E-state index contributed by atoms with van der Waals surface area (Å²) in [5.74, 6) is 0.702. The Morgan fingerprint density at radius 1 is 1.22 bits per heavy atom. The lowest BCUT2D eigenvalue weighted by molar-refractivity contribution is 0.0922. The maximum Gasteiger partial charge on any atom is 0.319 e. The number of anilines is 1. The van der Waals surface area contributed by atoms with E-state index < -0.39 is 11.8 Å². The van der Waals surface area contributed by atoms with Crippen LogP contribution < -0.4 is 20.1 Å². The van der Waals surface area contributed by atoms with Crippen LogP contribution in [0.3, 0.4) is 0 Å². The van der Waals surface area contributed by atoms with Gasteiger partial charge in [-0.15, -0.1) is 0 Å². The lowest BCUT2D eigenvalue weighted by Gasteiger charge is -2.26. The van der Waals surface area contributed by atoms with Gasteiger partial charge in [0, 0.05) is 0 Å². The highest BCUT2D eigenvalue weighted by Gasteiger charge is 2.21. The van der Waals surface area contributed by atoms with Gasteiger partial charge < -0.3 is 20.1 Å². The third kappa shape index (κ3) is 3.65. The predicted molar refractivity (Wildman–Crippen MR) is 84.8 cm³/mol. The van der Waals surface area contributed by atoms with Crippen LogP contribution in [0, 0.1) is 5.82 Å². The zero-order valence-electron chi connectivity index (χ0n) is 12.0. The van der Waals surface area contributed by atoms with Gasteiger partial charge in [0.1, 0.15) is 12.4 Å². The number of halogens is 2. The molecule has 0 spiro atoms. The Labute approximate surface area is 137 Å². The van der Waals surface area contributed by atoms with E-state index in [0.717, 1.165) is 0 Å². The van der Waals surface area contributed by atoms with E-state index >= 15 is 0 Å². The monoisotopic (exact) mass is 336 g/mol. The number of amides is 2. The lowest BCUT2D eigenvalue weighted by Crippen LogP contribution is -2.42. The van der Waals surface area contributed by atoms with Crippen LogP contribution in [-0.2, 0) is 0 Å². The van der Waals surface area contributed by atoms with Gasteiger partial charge in [-0.2, -0.15) is 0 Å². The average molecular weight is 337 g/mol. The largest absolute Gasteiger partial charge is 0.486 e. The molecular formula is C16H14ClFN2O3. The molecule has 0 bridgehead atoms. The molecule has 1 atom stereocenters. The van der Waals surface area contributed by atoms with Crippen LogP contribution in [0.15, 0.2) is 42.5 Å². The highest BCUT2D eigenvalue weighted by atomic mass is 35.5. The van der Waals surface area contributed by atoms with Crippen molar-refractivity contribution in [3.8, 4) is 11.5 Å². The molecule has 0 saturated carbocycles. The number of hydrogen-bond donors (Lipinski definition) is 2. The van der Waals surface area contributed by atoms with E-state index in [-0.39, 0.29) is 23.4 Å². The number of nitrogens with one attached hydrogen (secondary N) is 2. The Hall–Kier alpha value is -2.47. The van der Waals surface area contributed by atoms with E-state index in [9.17, 15) is 9.18 Å². The van der Waals surface area contributed by atoms with Crippen LogP contribution in [0.5, 0.6) is 11.5 Å². The normalized spacial score (nSPS) is 15.8. The molecule has 1 aliphatic rings. The minimum absolute atomic E-state index is 0.0576. The molecule has 2 aromatic carbocycles. The van der Waals surface area contributed by atoms with Crippen molar-refractivity contribution in [3.05, 3.63) is 53.3 Å². The van der Waals surface area contributed by atoms with Crippen molar-refractivity contribution < 1.29 is 18.7 Å². The molecule has 3 rings (SSSR count). The number of fused-ring (bicyclic) bond motifs is 1. The first-order valence-electron chi connectivity index (χ1n) is 7.01. The summed E-state index contributed by atoms with van der Waals surface area (Å²) in [4.78, 5) is 11.9. The smallest absolute Gasteiger partial charge is 0.319 e. The van der Waals surface area contributed by atoms with Gasteiger partial charge >= 0.3 is 6.03 Å². The molecule has 5 nitrogen and oxygen atoms in total. The van der Waals surface area contributed by atoms with Gasteiger partial charge in [-0.25, -0.2) is 9.18 Å². The van der Waals surface area contributed by atoms with Crippen LogP contribution in [0.25, 0.3) is 0 Å². The molecule has 1 aliphatic heterocycles. The molecule has 120 valence electrons. The molecule has 0 radical (unpaired) electrons. The minimum Gasteiger partial charge on any atom is -0.486 e. The van der Waals surface area contributed by atoms with Crippen LogP contribution in [0.4, 0.5) is 14.9 Å². The third-order valence-electron chi connectivity index (χ3n) is 3.26. The number of carbonyl (C=O) groups is 1. The zero-order valence-corrected chi connectivity index (χ0v) is 12.8. The fourth-order valence-corrected chi connectivity index (χ4v) is 2.36. The molecule has 2 aromatic rings. The first-order valence-corrected chi connectivity index (χ1v) is 7.38. The van der Waals surface area contributed by atoms with Crippen LogP contribution in [-0.4, -0.2) is 25.3 Å². The topological polar surface area (TPSA) is 59.6 Å². The Morgan fingerprint density at radius 2 is 2.00 bits per heavy atom. The molecule has 2 amide bonds. The fourth-order valence-electron chi connectivity index (χ4n) is 2.15. The molecule has 1 heterocycles. The number of ether oxygens (including phenoxy) is 2. The number of benzene rings is 2. The second-order valence-electron chi connectivity index (χ2n) is 4.93. The van der Waals surface area contributed by atoms with Crippen molar-refractivity contribution in [2.45, 2.75) is 6.10 Å². The standard InChI is InChI=1S/C16H14ClFN2O3/c17-11-4-3-5-12(18)15(11)20-16(21)19-8-10-9-22-13-6-1-2-7-14(13)23-10/h1-7,10H,8-9H2,(H2,19,20,21). The summed E-state index contributed by atoms with van der Waals surface area (Å²) in [6, 6.07) is 10.9. The quantitative estimate of drug-likeness (QED) is 0.902. The minimum atomic E-state index is -0.598. The van der Waals surface area contributed by atoms with Crippen molar-refractivity contribution in [1.82, 2.24) is 5.32 Å². The second kappa shape index (κ2) is 6.75. The van der Waals surface area contributed by atoms with E-state index in [1.165, 1.54) is 18.2 Å². The molecular weight excluding hydrogens is 323 g/mol. The molecule has 0 fully saturated rings. The molecule has 7 heteroatoms. The first kappa shape index (κ1) is 15.4. The van der Waals surface area contributed by atoms with E-state index in [0.29, 0.717) is 18.1 Å². The van der Waals surface area contributed by atoms with Crippen LogP contribution >= 0.6 is 11.6 Å². The van der Waals surface area contributed by atoms with Crippen LogP contribution in [0.2, 0.25) is 5.02 Å². The van der Waals surface area contributed by atoms with Gasteiger partial charge in [0.15, 0.2) is 17.6 Å². The Kier molecular flexibility index (Phi) is 4.52. The molecule has 23 heavy (non-hydrogen) atoms. The summed E-state index contributed by atoms with van der Waals surface area (Å²) in [5.41, 5.74) is -0.0576. The van der Waals surface area contributed by atoms with Gasteiger partial charge in [0.2, 0.25) is 0 Å². The number of para-hydroxylation sites is 3. The first-order chi connectivity index (χ1) is 11.1. The van der Waals surface area contributed by atoms with Gasteiger partial charge in [0.05, 0.1) is 17.3 Å². The number of rotatable bonds is 3. The molecule has 0 saturated heterocycles. The lowest BCUT2D eigenvalue weighted by atomic mass is 10.2. The summed E-state index contributed by atoms with van der Waals surface area (Å²) in [5, 5.41) is 5.12. The molecule has 2 N–H and O–H groups in total. The summed E-state index contributed by atoms with van der Waals surface area (Å²) in [7, 11) is 0. The Morgan fingerprint density at radius 3 is 2.78 bits per heavy atom. The zero-order chi connectivity index (χ0) is 16.2. The summed E-state index contributed by atoms with van der Waals surface area (Å²) in [6.07, 6.45) is -0.327. The highest BCUT2D eigenvalue weighted by molar-refractivity contribution is 6.33. The third-order valence-corrected chi connectivity index (χ3v) is 3.57. The van der Waals surface area contributed by atoms with E-state index in [2.05, 4.69) is 10.6 Å². The number of hydrogen-bond acceptors (Lipinski definition) is 3. The second-order valence-corrected chi connectivity index (χ2v) is 5.34. The molecule has 1 unspecified atom stereocenters. The Balaban J connectivity index is 1.54. The van der Waals surface area contributed by atoms with Crippen molar-refractivity contribution in [2.75, 3.05) is 18.5 Å². The SMILES string of the molecule is O=C(NCC1COc2ccccc2O1)Nc1c(F)cccc1Cl. The molecule has 0 aromatic heterocycles.